The van der Waals surface area contributed by atoms with Gasteiger partial charge in [0.2, 0.25) is 5.91 Å². The number of hydrogen-bond donors (Lipinski definition) is 1. The van der Waals surface area contributed by atoms with Gasteiger partial charge in [-0.3, -0.25) is 9.48 Å². The standard InChI is InChI=1S/C18H24N4O2/c1-14(13-23)18(24)21-9-5-6-15(10-21)11-22-12-17(19-20-22)16-7-3-2-4-8-16/h2-4,7-8,12,14-15,23H,5-6,9-11,13H2,1H3. The third kappa shape index (κ3) is 3.82. The van der Waals surface area contributed by atoms with E-state index in [1.807, 2.05) is 46.1 Å². The van der Waals surface area contributed by atoms with Gasteiger partial charge in [0.1, 0.15) is 5.69 Å². The molecule has 1 aromatic heterocycles. The highest BCUT2D eigenvalue weighted by Crippen LogP contribution is 2.21. The quantitative estimate of drug-likeness (QED) is 0.909. The Morgan fingerprint density at radius 3 is 2.92 bits per heavy atom. The first-order valence-corrected chi connectivity index (χ1v) is 8.52. The number of aliphatic hydroxyl groups is 1. The molecule has 128 valence electrons. The molecule has 2 heterocycles. The molecule has 2 aromatic rings. The van der Waals surface area contributed by atoms with Crippen LogP contribution in [-0.2, 0) is 11.3 Å². The highest BCUT2D eigenvalue weighted by atomic mass is 16.3. The summed E-state index contributed by atoms with van der Waals surface area (Å²) in [5.74, 6) is 0.101. The molecule has 1 aromatic carbocycles. The molecule has 1 amide bonds. The van der Waals surface area contributed by atoms with E-state index >= 15 is 0 Å². The molecule has 1 aliphatic rings. The highest BCUT2D eigenvalue weighted by Gasteiger charge is 2.26. The fourth-order valence-electron chi connectivity index (χ4n) is 3.20. The Hall–Kier alpha value is -2.21. The molecular weight excluding hydrogens is 304 g/mol. The smallest absolute Gasteiger partial charge is 0.227 e. The zero-order valence-electron chi connectivity index (χ0n) is 14.0. The van der Waals surface area contributed by atoms with Gasteiger partial charge in [-0.2, -0.15) is 0 Å². The van der Waals surface area contributed by atoms with E-state index in [0.29, 0.717) is 5.92 Å². The van der Waals surface area contributed by atoms with E-state index in [1.54, 1.807) is 6.92 Å². The third-order valence-corrected chi connectivity index (χ3v) is 4.58. The molecule has 2 atom stereocenters. The zero-order valence-corrected chi connectivity index (χ0v) is 14.0. The number of carbonyl (C=O) groups excluding carboxylic acids is 1. The monoisotopic (exact) mass is 328 g/mol. The second kappa shape index (κ2) is 7.57. The number of hydrogen-bond acceptors (Lipinski definition) is 4. The van der Waals surface area contributed by atoms with Crippen molar-refractivity contribution in [2.45, 2.75) is 26.3 Å². The van der Waals surface area contributed by atoms with Gasteiger partial charge in [0, 0.05) is 25.2 Å². The van der Waals surface area contributed by atoms with Crippen molar-refractivity contribution in [2.75, 3.05) is 19.7 Å². The van der Waals surface area contributed by atoms with Crippen LogP contribution in [0.2, 0.25) is 0 Å². The van der Waals surface area contributed by atoms with Crippen molar-refractivity contribution in [2.24, 2.45) is 11.8 Å². The van der Waals surface area contributed by atoms with Crippen LogP contribution in [0.5, 0.6) is 0 Å². The summed E-state index contributed by atoms with van der Waals surface area (Å²) in [4.78, 5) is 14.1. The van der Waals surface area contributed by atoms with E-state index in [2.05, 4.69) is 10.3 Å². The molecule has 2 unspecified atom stereocenters. The van der Waals surface area contributed by atoms with E-state index < -0.39 is 0 Å². The SMILES string of the molecule is CC(CO)C(=O)N1CCCC(Cn2cc(-c3ccccc3)nn2)C1. The summed E-state index contributed by atoms with van der Waals surface area (Å²) in [5.41, 5.74) is 1.93. The summed E-state index contributed by atoms with van der Waals surface area (Å²) in [6.07, 6.45) is 4.04. The summed E-state index contributed by atoms with van der Waals surface area (Å²) >= 11 is 0. The minimum atomic E-state index is -0.320. The van der Waals surface area contributed by atoms with Crippen molar-refractivity contribution in [3.8, 4) is 11.3 Å². The normalized spacial score (nSPS) is 19.2. The number of aromatic nitrogens is 3. The van der Waals surface area contributed by atoms with Crippen molar-refractivity contribution in [1.29, 1.82) is 0 Å². The van der Waals surface area contributed by atoms with Crippen LogP contribution in [0.4, 0.5) is 0 Å². The molecule has 6 heteroatoms. The van der Waals surface area contributed by atoms with E-state index in [4.69, 9.17) is 0 Å². The number of nitrogens with zero attached hydrogens (tertiary/aromatic N) is 4. The number of amides is 1. The van der Waals surface area contributed by atoms with E-state index in [0.717, 1.165) is 43.7 Å². The Bertz CT molecular complexity index is 671. The number of piperidine rings is 1. The molecule has 0 radical (unpaired) electrons. The molecule has 1 saturated heterocycles. The van der Waals surface area contributed by atoms with E-state index in [-0.39, 0.29) is 18.4 Å². The molecule has 0 bridgehead atoms. The van der Waals surface area contributed by atoms with Gasteiger partial charge in [0.05, 0.1) is 18.7 Å². The molecule has 6 nitrogen and oxygen atoms in total. The van der Waals surface area contributed by atoms with Crippen LogP contribution >= 0.6 is 0 Å². The molecule has 24 heavy (non-hydrogen) atoms. The maximum absolute atomic E-state index is 12.2. The van der Waals surface area contributed by atoms with Gasteiger partial charge in [0.25, 0.3) is 0 Å². The van der Waals surface area contributed by atoms with Gasteiger partial charge < -0.3 is 10.0 Å². The summed E-state index contributed by atoms with van der Waals surface area (Å²) < 4.78 is 1.87. The number of benzene rings is 1. The second-order valence-electron chi connectivity index (χ2n) is 6.57. The molecule has 1 N–H and O–H groups in total. The average molecular weight is 328 g/mol. The average Bonchev–Trinajstić information content (AvgIpc) is 3.10. The lowest BCUT2D eigenvalue weighted by molar-refractivity contribution is -0.138. The molecule has 0 spiro atoms. The van der Waals surface area contributed by atoms with Crippen LogP contribution in [0, 0.1) is 11.8 Å². The summed E-state index contributed by atoms with van der Waals surface area (Å²) in [6.45, 7) is 3.95. The van der Waals surface area contributed by atoms with Crippen molar-refractivity contribution >= 4 is 5.91 Å². The number of aliphatic hydroxyl groups excluding tert-OH is 1. The molecular formula is C18H24N4O2. The molecule has 0 aliphatic carbocycles. The maximum atomic E-state index is 12.2. The van der Waals surface area contributed by atoms with E-state index in [9.17, 15) is 9.90 Å². The third-order valence-electron chi connectivity index (χ3n) is 4.58. The highest BCUT2D eigenvalue weighted by molar-refractivity contribution is 5.78. The first-order chi connectivity index (χ1) is 11.7. The molecule has 1 fully saturated rings. The second-order valence-corrected chi connectivity index (χ2v) is 6.57. The lowest BCUT2D eigenvalue weighted by atomic mass is 9.97. The van der Waals surface area contributed by atoms with Crippen molar-refractivity contribution < 1.29 is 9.90 Å². The van der Waals surface area contributed by atoms with Gasteiger partial charge in [0.15, 0.2) is 0 Å². The first kappa shape index (κ1) is 16.6. The fourth-order valence-corrected chi connectivity index (χ4v) is 3.20. The predicted octanol–water partition coefficient (Wildman–Crippen LogP) is 1.81. The van der Waals surface area contributed by atoms with Gasteiger partial charge >= 0.3 is 0 Å². The van der Waals surface area contributed by atoms with Crippen molar-refractivity contribution in [1.82, 2.24) is 19.9 Å². The van der Waals surface area contributed by atoms with Gasteiger partial charge in [-0.05, 0) is 18.8 Å². The van der Waals surface area contributed by atoms with Crippen LogP contribution in [0.15, 0.2) is 36.5 Å². The Balaban J connectivity index is 1.62. The van der Waals surface area contributed by atoms with Gasteiger partial charge in [-0.1, -0.05) is 42.5 Å². The zero-order chi connectivity index (χ0) is 16.9. The van der Waals surface area contributed by atoms with E-state index in [1.165, 1.54) is 0 Å². The Morgan fingerprint density at radius 2 is 2.17 bits per heavy atom. The van der Waals surface area contributed by atoms with Gasteiger partial charge in [-0.15, -0.1) is 5.10 Å². The number of carbonyl (C=O) groups is 1. The molecule has 0 saturated carbocycles. The van der Waals surface area contributed by atoms with Crippen LogP contribution in [0.3, 0.4) is 0 Å². The summed E-state index contributed by atoms with van der Waals surface area (Å²) in [5, 5.41) is 17.7. The summed E-state index contributed by atoms with van der Waals surface area (Å²) in [6, 6.07) is 9.99. The predicted molar refractivity (Wildman–Crippen MR) is 91.0 cm³/mol. The number of rotatable bonds is 5. The Morgan fingerprint density at radius 1 is 1.38 bits per heavy atom. The lowest BCUT2D eigenvalue weighted by Gasteiger charge is -2.34. The van der Waals surface area contributed by atoms with Gasteiger partial charge in [-0.25, -0.2) is 0 Å². The van der Waals surface area contributed by atoms with Crippen LogP contribution in [-0.4, -0.2) is 50.6 Å². The topological polar surface area (TPSA) is 71.2 Å². The minimum Gasteiger partial charge on any atom is -0.396 e. The van der Waals surface area contributed by atoms with Crippen molar-refractivity contribution in [3.05, 3.63) is 36.5 Å². The van der Waals surface area contributed by atoms with Crippen LogP contribution in [0.25, 0.3) is 11.3 Å². The Kier molecular flexibility index (Phi) is 5.25. The lowest BCUT2D eigenvalue weighted by Crippen LogP contribution is -2.44. The van der Waals surface area contributed by atoms with Crippen LogP contribution < -0.4 is 0 Å². The largest absolute Gasteiger partial charge is 0.396 e. The van der Waals surface area contributed by atoms with Crippen LogP contribution in [0.1, 0.15) is 19.8 Å². The molecule has 3 rings (SSSR count). The number of likely N-dealkylation sites (tertiary alicyclic amines) is 1. The first-order valence-electron chi connectivity index (χ1n) is 8.52. The van der Waals surface area contributed by atoms with Crippen molar-refractivity contribution in [3.63, 3.8) is 0 Å². The maximum Gasteiger partial charge on any atom is 0.227 e. The fraction of sp³-hybridized carbons (Fsp3) is 0.500. The summed E-state index contributed by atoms with van der Waals surface area (Å²) in [7, 11) is 0. The molecule has 1 aliphatic heterocycles. The minimum absolute atomic E-state index is 0.0470. The Labute approximate surface area is 142 Å².